The monoisotopic (exact) mass is 371 g/mol. The Hall–Kier alpha value is -2.96. The smallest absolute Gasteiger partial charge is 0.306 e. The lowest BCUT2D eigenvalue weighted by Crippen LogP contribution is -2.35. The van der Waals surface area contributed by atoms with Crippen molar-refractivity contribution < 1.29 is 18.7 Å². The van der Waals surface area contributed by atoms with Crippen LogP contribution in [-0.2, 0) is 14.3 Å². The molecule has 2 N–H and O–H groups in total. The second-order valence-corrected chi connectivity index (χ2v) is 6.65. The Kier molecular flexibility index (Phi) is 6.01. The summed E-state index contributed by atoms with van der Waals surface area (Å²) in [6.07, 6.45) is 1.98. The van der Waals surface area contributed by atoms with E-state index in [0.29, 0.717) is 6.42 Å². The molecule has 142 valence electrons. The number of ether oxygens (including phenoxy) is 1. The van der Waals surface area contributed by atoms with E-state index in [1.807, 2.05) is 18.2 Å². The van der Waals surface area contributed by atoms with Crippen molar-refractivity contribution in [1.82, 2.24) is 4.98 Å². The van der Waals surface area contributed by atoms with Crippen LogP contribution >= 0.6 is 0 Å². The molecule has 1 aromatic heterocycles. The molecular formula is C20H22FN3O3. The number of nitrogens with two attached hydrogens (primary N) is 1. The maximum absolute atomic E-state index is 13.1. The van der Waals surface area contributed by atoms with Crippen molar-refractivity contribution in [2.24, 2.45) is 11.7 Å². The summed E-state index contributed by atoms with van der Waals surface area (Å²) in [5.74, 6) is -0.214. The summed E-state index contributed by atoms with van der Waals surface area (Å²) in [6.45, 7) is 1.21. The molecule has 0 radical (unpaired) electrons. The van der Waals surface area contributed by atoms with E-state index in [9.17, 15) is 14.0 Å². The van der Waals surface area contributed by atoms with Crippen molar-refractivity contribution in [2.75, 3.05) is 24.6 Å². The first-order valence-corrected chi connectivity index (χ1v) is 8.93. The van der Waals surface area contributed by atoms with Gasteiger partial charge in [-0.2, -0.15) is 0 Å². The number of aromatic nitrogens is 1. The summed E-state index contributed by atoms with van der Waals surface area (Å²) in [7, 11) is 0. The zero-order valence-corrected chi connectivity index (χ0v) is 14.9. The molecule has 7 heteroatoms. The molecule has 6 nitrogen and oxygen atoms in total. The first kappa shape index (κ1) is 18.8. The van der Waals surface area contributed by atoms with E-state index in [4.69, 9.17) is 15.5 Å². The topological polar surface area (TPSA) is 85.5 Å². The number of carbonyl (C=O) groups is 2. The number of carbonyl (C=O) groups excluding carboxylic acids is 2. The van der Waals surface area contributed by atoms with Crippen molar-refractivity contribution in [1.29, 1.82) is 0 Å². The highest BCUT2D eigenvalue weighted by Crippen LogP contribution is 2.26. The minimum absolute atomic E-state index is 0.224. The quantitative estimate of drug-likeness (QED) is 0.789. The molecule has 0 saturated carbocycles. The fourth-order valence-electron chi connectivity index (χ4n) is 3.19. The van der Waals surface area contributed by atoms with Gasteiger partial charge in [0.1, 0.15) is 11.6 Å². The Morgan fingerprint density at radius 3 is 2.52 bits per heavy atom. The maximum atomic E-state index is 13.1. The third-order valence-corrected chi connectivity index (χ3v) is 4.64. The lowest BCUT2D eigenvalue weighted by Gasteiger charge is -2.32. The van der Waals surface area contributed by atoms with Gasteiger partial charge in [-0.3, -0.25) is 9.59 Å². The van der Waals surface area contributed by atoms with Gasteiger partial charge in [-0.05, 0) is 55.2 Å². The highest BCUT2D eigenvalue weighted by atomic mass is 19.1. The van der Waals surface area contributed by atoms with Crippen LogP contribution in [0.1, 0.15) is 19.3 Å². The predicted octanol–water partition coefficient (Wildman–Crippen LogP) is 2.52. The summed E-state index contributed by atoms with van der Waals surface area (Å²) in [5, 5.41) is 0. The number of hydrogen-bond acceptors (Lipinski definition) is 5. The van der Waals surface area contributed by atoms with Gasteiger partial charge in [-0.1, -0.05) is 6.07 Å². The maximum Gasteiger partial charge on any atom is 0.306 e. The molecule has 0 bridgehead atoms. The van der Waals surface area contributed by atoms with Crippen LogP contribution in [0.5, 0.6) is 0 Å². The van der Waals surface area contributed by atoms with Crippen molar-refractivity contribution in [3.05, 3.63) is 48.3 Å². The van der Waals surface area contributed by atoms with Crippen LogP contribution in [0.3, 0.4) is 0 Å². The van der Waals surface area contributed by atoms with Gasteiger partial charge in [0.15, 0.2) is 6.61 Å². The largest absolute Gasteiger partial charge is 0.456 e. The fraction of sp³-hybridized carbons (Fsp3) is 0.350. The lowest BCUT2D eigenvalue weighted by atomic mass is 9.93. The van der Waals surface area contributed by atoms with Crippen LogP contribution in [0.25, 0.3) is 11.3 Å². The van der Waals surface area contributed by atoms with Gasteiger partial charge in [-0.25, -0.2) is 9.37 Å². The van der Waals surface area contributed by atoms with E-state index in [0.717, 1.165) is 43.0 Å². The van der Waals surface area contributed by atoms with Gasteiger partial charge in [0, 0.05) is 25.1 Å². The number of rotatable bonds is 6. The molecule has 2 aromatic rings. The van der Waals surface area contributed by atoms with E-state index in [1.54, 1.807) is 12.1 Å². The second kappa shape index (κ2) is 8.62. The highest BCUT2D eigenvalue weighted by molar-refractivity contribution is 5.79. The van der Waals surface area contributed by atoms with E-state index in [-0.39, 0.29) is 24.3 Å². The summed E-state index contributed by atoms with van der Waals surface area (Å²) in [6, 6.07) is 12.1. The van der Waals surface area contributed by atoms with E-state index < -0.39 is 5.91 Å². The lowest BCUT2D eigenvalue weighted by molar-refractivity contribution is -0.148. The third-order valence-electron chi connectivity index (χ3n) is 4.64. The van der Waals surface area contributed by atoms with Crippen molar-refractivity contribution in [2.45, 2.75) is 19.3 Å². The van der Waals surface area contributed by atoms with Gasteiger partial charge in [-0.15, -0.1) is 0 Å². The molecular weight excluding hydrogens is 349 g/mol. The molecule has 0 aliphatic carbocycles. The molecule has 1 aliphatic rings. The molecule has 3 rings (SSSR count). The van der Waals surface area contributed by atoms with Crippen LogP contribution in [0.2, 0.25) is 0 Å². The molecule has 1 fully saturated rings. The molecule has 2 heterocycles. The van der Waals surface area contributed by atoms with Crippen LogP contribution in [-0.4, -0.2) is 36.6 Å². The van der Waals surface area contributed by atoms with Crippen LogP contribution < -0.4 is 10.6 Å². The Bertz CT molecular complexity index is 802. The van der Waals surface area contributed by atoms with Crippen LogP contribution in [0.15, 0.2) is 42.5 Å². The van der Waals surface area contributed by atoms with Gasteiger partial charge in [0.05, 0.1) is 5.69 Å². The number of benzene rings is 1. The first-order valence-electron chi connectivity index (χ1n) is 8.93. The van der Waals surface area contributed by atoms with Crippen molar-refractivity contribution in [3.63, 3.8) is 0 Å². The molecule has 0 unspecified atom stereocenters. The molecule has 0 spiro atoms. The number of nitrogens with zero attached hydrogens (tertiary/aromatic N) is 2. The van der Waals surface area contributed by atoms with E-state index in [2.05, 4.69) is 4.90 Å². The summed E-state index contributed by atoms with van der Waals surface area (Å²) in [4.78, 5) is 29.2. The summed E-state index contributed by atoms with van der Waals surface area (Å²) >= 11 is 0. The minimum Gasteiger partial charge on any atom is -0.456 e. The van der Waals surface area contributed by atoms with E-state index in [1.165, 1.54) is 12.1 Å². The van der Waals surface area contributed by atoms with Crippen molar-refractivity contribution >= 4 is 17.7 Å². The molecule has 1 aromatic carbocycles. The van der Waals surface area contributed by atoms with E-state index >= 15 is 0 Å². The average molecular weight is 371 g/mol. The number of piperidine rings is 1. The van der Waals surface area contributed by atoms with Crippen LogP contribution in [0.4, 0.5) is 10.2 Å². The number of halogens is 1. The number of hydrogen-bond donors (Lipinski definition) is 1. The Morgan fingerprint density at radius 1 is 1.15 bits per heavy atom. The van der Waals surface area contributed by atoms with Gasteiger partial charge in [0.2, 0.25) is 0 Å². The van der Waals surface area contributed by atoms with Crippen LogP contribution in [0, 0.1) is 11.7 Å². The average Bonchev–Trinajstić information content (AvgIpc) is 2.68. The molecule has 1 amide bonds. The summed E-state index contributed by atoms with van der Waals surface area (Å²) in [5.41, 5.74) is 6.63. The van der Waals surface area contributed by atoms with Gasteiger partial charge in [0.25, 0.3) is 5.91 Å². The second-order valence-electron chi connectivity index (χ2n) is 6.65. The van der Waals surface area contributed by atoms with Crippen molar-refractivity contribution in [3.8, 4) is 11.3 Å². The number of esters is 1. The normalized spacial score (nSPS) is 14.8. The standard InChI is InChI=1S/C20H22FN3O3/c21-16-6-4-15(5-7-16)17-2-1-3-19(23-17)24-10-8-14(9-11-24)12-20(26)27-13-18(22)25/h1-7,14H,8-13H2,(H2,22,25). The third kappa shape index (κ3) is 5.26. The molecule has 27 heavy (non-hydrogen) atoms. The number of pyridine rings is 1. The Morgan fingerprint density at radius 2 is 1.85 bits per heavy atom. The predicted molar refractivity (Wildman–Crippen MR) is 99.3 cm³/mol. The minimum atomic E-state index is -0.648. The molecule has 0 atom stereocenters. The zero-order valence-electron chi connectivity index (χ0n) is 14.9. The SMILES string of the molecule is NC(=O)COC(=O)CC1CCN(c2cccc(-c3ccc(F)cc3)n2)CC1. The highest BCUT2D eigenvalue weighted by Gasteiger charge is 2.23. The zero-order chi connectivity index (χ0) is 19.2. The number of primary amides is 1. The Balaban J connectivity index is 1.56. The molecule has 1 saturated heterocycles. The molecule has 1 aliphatic heterocycles. The summed E-state index contributed by atoms with van der Waals surface area (Å²) < 4.78 is 17.9. The number of anilines is 1. The van der Waals surface area contributed by atoms with Gasteiger partial charge >= 0.3 is 5.97 Å². The first-order chi connectivity index (χ1) is 13.0. The number of amides is 1. The fourth-order valence-corrected chi connectivity index (χ4v) is 3.19. The Labute approximate surface area is 157 Å². The van der Waals surface area contributed by atoms with Gasteiger partial charge < -0.3 is 15.4 Å².